The molecule has 0 aromatic rings. The van der Waals surface area contributed by atoms with Crippen LogP contribution in [0.3, 0.4) is 0 Å². The second-order valence-electron chi connectivity index (χ2n) is 3.14. The number of hydrogen-bond acceptors (Lipinski definition) is 3. The predicted molar refractivity (Wildman–Crippen MR) is 53.3 cm³/mol. The average Bonchev–Trinajstić information content (AvgIpc) is 2.09. The Bertz CT molecular complexity index is 283. The number of nitrogens with zero attached hydrogens (tertiary/aromatic N) is 1. The van der Waals surface area contributed by atoms with Gasteiger partial charge in [-0.15, -0.1) is 9.24 Å². The first kappa shape index (κ1) is 11.1. The third kappa shape index (κ3) is 1.55. The zero-order chi connectivity index (χ0) is 10.3. The average molecular weight is 224 g/mol. The van der Waals surface area contributed by atoms with Gasteiger partial charge in [0.15, 0.2) is 0 Å². The molecule has 1 heterocycles. The Morgan fingerprint density at radius 1 is 1.77 bits per heavy atom. The van der Waals surface area contributed by atoms with Crippen LogP contribution in [0.4, 0.5) is 0 Å². The molecule has 5 nitrogen and oxygen atoms in total. The monoisotopic (exact) mass is 224 g/mol. The second kappa shape index (κ2) is 3.32. The van der Waals surface area contributed by atoms with Gasteiger partial charge in [-0.3, -0.25) is 14.0 Å². The number of nitrogens with one attached hydrogen (secondary N) is 1. The summed E-state index contributed by atoms with van der Waals surface area (Å²) in [5, 5.41) is 1.83. The number of hydrogen-bond donors (Lipinski definition) is 2. The summed E-state index contributed by atoms with van der Waals surface area (Å²) >= 11 is 0. The summed E-state index contributed by atoms with van der Waals surface area (Å²) in [4.78, 5) is 20.9. The van der Waals surface area contributed by atoms with Gasteiger partial charge in [0.25, 0.3) is 0 Å². The van der Waals surface area contributed by atoms with Crippen LogP contribution >= 0.6 is 16.8 Å². The first-order chi connectivity index (χ1) is 5.85. The molecule has 0 aromatic heterocycles. The lowest BCUT2D eigenvalue weighted by Gasteiger charge is -2.41. The fourth-order valence-corrected chi connectivity index (χ4v) is 3.59. The highest BCUT2D eigenvalue weighted by atomic mass is 31.2. The van der Waals surface area contributed by atoms with E-state index in [1.807, 2.05) is 0 Å². The summed E-state index contributed by atoms with van der Waals surface area (Å²) in [7, 11) is 1.68. The highest BCUT2D eigenvalue weighted by Gasteiger charge is 2.51. The van der Waals surface area contributed by atoms with E-state index in [0.717, 1.165) is 4.67 Å². The van der Waals surface area contributed by atoms with E-state index >= 15 is 0 Å². The van der Waals surface area contributed by atoms with Crippen LogP contribution in [0.5, 0.6) is 0 Å². The van der Waals surface area contributed by atoms with Crippen molar-refractivity contribution in [1.29, 1.82) is 0 Å². The van der Waals surface area contributed by atoms with Crippen molar-refractivity contribution >= 4 is 22.7 Å². The molecule has 3 atom stereocenters. The van der Waals surface area contributed by atoms with Crippen LogP contribution in [0.2, 0.25) is 0 Å². The van der Waals surface area contributed by atoms with Gasteiger partial charge in [0, 0.05) is 13.5 Å². The molecule has 7 heteroatoms. The molecule has 1 fully saturated rings. The topological polar surface area (TPSA) is 69.6 Å². The zero-order valence-electron chi connectivity index (χ0n) is 7.65. The summed E-state index contributed by atoms with van der Waals surface area (Å²) < 4.78 is 12.8. The predicted octanol–water partition coefficient (Wildman–Crippen LogP) is 0.172. The number of carbonyl (C=O) groups is 1. The van der Waals surface area contributed by atoms with Gasteiger partial charge < -0.3 is 10.2 Å². The van der Waals surface area contributed by atoms with Crippen LogP contribution in [0.15, 0.2) is 0 Å². The standard InChI is InChI=1S/C6H14N2O3P2/c1-7-6(12)4-3-5(9)8(2)13(6,10)11/h7H,3-4,12H2,1-2H3,(H,10,11). The van der Waals surface area contributed by atoms with Gasteiger partial charge >= 0.3 is 7.52 Å². The van der Waals surface area contributed by atoms with E-state index in [1.54, 1.807) is 7.05 Å². The minimum Gasteiger partial charge on any atom is -0.328 e. The maximum Gasteiger partial charge on any atom is 0.319 e. The normalized spacial score (nSPS) is 40.9. The summed E-state index contributed by atoms with van der Waals surface area (Å²) in [5.74, 6) is -0.279. The molecule has 2 N–H and O–H groups in total. The van der Waals surface area contributed by atoms with Gasteiger partial charge in [0.2, 0.25) is 5.91 Å². The molecule has 1 aliphatic rings. The van der Waals surface area contributed by atoms with Crippen LogP contribution < -0.4 is 5.32 Å². The van der Waals surface area contributed by atoms with Gasteiger partial charge in [-0.25, -0.2) is 0 Å². The first-order valence-corrected chi connectivity index (χ1v) is 6.12. The molecule has 0 radical (unpaired) electrons. The Morgan fingerprint density at radius 2 is 2.31 bits per heavy atom. The second-order valence-corrected chi connectivity index (χ2v) is 7.09. The largest absolute Gasteiger partial charge is 0.328 e. The molecule has 3 unspecified atom stereocenters. The number of carbonyl (C=O) groups excluding carboxylic acids is 1. The van der Waals surface area contributed by atoms with Gasteiger partial charge in [-0.1, -0.05) is 0 Å². The van der Waals surface area contributed by atoms with Crippen molar-refractivity contribution in [3.63, 3.8) is 0 Å². The smallest absolute Gasteiger partial charge is 0.319 e. The van der Waals surface area contributed by atoms with Gasteiger partial charge in [0.1, 0.15) is 5.02 Å². The summed E-state index contributed by atoms with van der Waals surface area (Å²) in [6, 6.07) is 0. The number of amides is 1. The SMILES string of the molecule is CNC1(P)CCC(=O)N(C)P1(=O)O. The van der Waals surface area contributed by atoms with Crippen molar-refractivity contribution in [2.75, 3.05) is 14.1 Å². The molecule has 1 rings (SSSR count). The molecule has 13 heavy (non-hydrogen) atoms. The minimum absolute atomic E-state index is 0.279. The van der Waals surface area contributed by atoms with Crippen molar-refractivity contribution in [2.45, 2.75) is 17.9 Å². The highest BCUT2D eigenvalue weighted by Crippen LogP contribution is 2.63. The third-order valence-electron chi connectivity index (χ3n) is 2.44. The molecular formula is C6H14N2O3P2. The molecule has 0 bridgehead atoms. The Labute approximate surface area is 79.6 Å². The molecule has 76 valence electrons. The van der Waals surface area contributed by atoms with E-state index < -0.39 is 12.5 Å². The Balaban J connectivity index is 3.06. The lowest BCUT2D eigenvalue weighted by Crippen LogP contribution is -2.47. The van der Waals surface area contributed by atoms with Crippen molar-refractivity contribution in [1.82, 2.24) is 9.99 Å². The molecule has 1 aliphatic heterocycles. The Kier molecular flexibility index (Phi) is 2.84. The summed E-state index contributed by atoms with van der Waals surface area (Å²) in [6.45, 7) is 0. The van der Waals surface area contributed by atoms with E-state index in [0.29, 0.717) is 12.8 Å². The lowest BCUT2D eigenvalue weighted by atomic mass is 10.3. The van der Waals surface area contributed by atoms with E-state index in [1.165, 1.54) is 7.05 Å². The van der Waals surface area contributed by atoms with Crippen LogP contribution in [0, 0.1) is 0 Å². The van der Waals surface area contributed by atoms with E-state index in [-0.39, 0.29) is 5.91 Å². The van der Waals surface area contributed by atoms with Crippen molar-refractivity contribution in [3.8, 4) is 0 Å². The van der Waals surface area contributed by atoms with E-state index in [2.05, 4.69) is 14.6 Å². The lowest BCUT2D eigenvalue weighted by molar-refractivity contribution is -0.127. The maximum absolute atomic E-state index is 11.8. The van der Waals surface area contributed by atoms with E-state index in [4.69, 9.17) is 0 Å². The Hall–Kier alpha value is 0.0500. The van der Waals surface area contributed by atoms with Gasteiger partial charge in [0.05, 0.1) is 0 Å². The third-order valence-corrected chi connectivity index (χ3v) is 6.55. The van der Waals surface area contributed by atoms with Gasteiger partial charge in [-0.05, 0) is 13.5 Å². The fraction of sp³-hybridized carbons (Fsp3) is 0.833. The molecule has 0 aliphatic carbocycles. The highest BCUT2D eigenvalue weighted by molar-refractivity contribution is 7.65. The van der Waals surface area contributed by atoms with Crippen molar-refractivity contribution < 1.29 is 14.3 Å². The van der Waals surface area contributed by atoms with Crippen molar-refractivity contribution in [3.05, 3.63) is 0 Å². The molecular weight excluding hydrogens is 210 g/mol. The van der Waals surface area contributed by atoms with Crippen molar-refractivity contribution in [2.24, 2.45) is 0 Å². The van der Waals surface area contributed by atoms with E-state index in [9.17, 15) is 14.3 Å². The minimum atomic E-state index is -3.62. The molecule has 0 aromatic carbocycles. The van der Waals surface area contributed by atoms with Crippen LogP contribution in [-0.2, 0) is 9.36 Å². The van der Waals surface area contributed by atoms with Gasteiger partial charge in [-0.2, -0.15) is 0 Å². The quantitative estimate of drug-likeness (QED) is 0.623. The molecule has 0 spiro atoms. The van der Waals surface area contributed by atoms with Crippen LogP contribution in [-0.4, -0.2) is 34.6 Å². The fourth-order valence-electron chi connectivity index (χ4n) is 1.29. The summed E-state index contributed by atoms with van der Waals surface area (Å²) in [6.07, 6.45) is 0.663. The summed E-state index contributed by atoms with van der Waals surface area (Å²) in [5.41, 5.74) is 0. The Morgan fingerprint density at radius 3 is 2.77 bits per heavy atom. The molecule has 1 amide bonds. The first-order valence-electron chi connectivity index (χ1n) is 3.93. The molecule has 0 saturated carbocycles. The molecule has 1 saturated heterocycles. The zero-order valence-corrected chi connectivity index (χ0v) is 9.70. The van der Waals surface area contributed by atoms with Crippen LogP contribution in [0.25, 0.3) is 0 Å². The maximum atomic E-state index is 11.8. The number of rotatable bonds is 1. The van der Waals surface area contributed by atoms with Crippen LogP contribution in [0.1, 0.15) is 12.8 Å².